The van der Waals surface area contributed by atoms with Crippen LogP contribution in [0.2, 0.25) is 0 Å². The highest BCUT2D eigenvalue weighted by atomic mass is 79.9. The van der Waals surface area contributed by atoms with Gasteiger partial charge in [0.15, 0.2) is 0 Å². The van der Waals surface area contributed by atoms with Gasteiger partial charge in [0.1, 0.15) is 10.7 Å². The van der Waals surface area contributed by atoms with E-state index in [0.29, 0.717) is 23.4 Å². The molecule has 0 atom stereocenters. The quantitative estimate of drug-likeness (QED) is 0.766. The molecule has 114 valence electrons. The van der Waals surface area contributed by atoms with Crippen LogP contribution < -0.4 is 10.0 Å². The first-order valence-electron chi connectivity index (χ1n) is 6.39. The second-order valence-corrected chi connectivity index (χ2v) is 6.85. The molecule has 0 aromatic carbocycles. The molecule has 2 rings (SSSR count). The van der Waals surface area contributed by atoms with Crippen molar-refractivity contribution in [1.29, 1.82) is 0 Å². The molecular formula is C12H16BrN5O2S. The molecule has 0 aliphatic heterocycles. The highest BCUT2D eigenvalue weighted by Gasteiger charge is 2.19. The van der Waals surface area contributed by atoms with E-state index in [1.807, 2.05) is 6.92 Å². The van der Waals surface area contributed by atoms with E-state index >= 15 is 0 Å². The molecule has 0 bridgehead atoms. The highest BCUT2D eigenvalue weighted by molar-refractivity contribution is 9.10. The molecule has 0 radical (unpaired) electrons. The molecule has 21 heavy (non-hydrogen) atoms. The summed E-state index contributed by atoms with van der Waals surface area (Å²) in [6.45, 7) is 3.18. The number of hydrogen-bond acceptors (Lipinski definition) is 5. The van der Waals surface area contributed by atoms with Gasteiger partial charge < -0.3 is 5.32 Å². The third kappa shape index (κ3) is 4.26. The summed E-state index contributed by atoms with van der Waals surface area (Å²) in [5.41, 5.74) is 0. The van der Waals surface area contributed by atoms with Crippen LogP contribution in [-0.4, -0.2) is 36.3 Å². The summed E-state index contributed by atoms with van der Waals surface area (Å²) in [4.78, 5) is 4.22. The Labute approximate surface area is 132 Å². The molecule has 2 aromatic heterocycles. The Morgan fingerprint density at radius 3 is 2.90 bits per heavy atom. The molecule has 2 aromatic rings. The first-order valence-corrected chi connectivity index (χ1v) is 8.67. The van der Waals surface area contributed by atoms with Crippen LogP contribution in [0.25, 0.3) is 0 Å². The SMILES string of the molecule is CCNc1ncc(Br)cc1S(=O)(=O)NCCn1cccn1. The van der Waals surface area contributed by atoms with Gasteiger partial charge in [-0.05, 0) is 35.0 Å². The van der Waals surface area contributed by atoms with Gasteiger partial charge in [-0.15, -0.1) is 0 Å². The highest BCUT2D eigenvalue weighted by Crippen LogP contribution is 2.22. The van der Waals surface area contributed by atoms with E-state index in [0.717, 1.165) is 0 Å². The molecule has 2 N–H and O–H groups in total. The molecule has 9 heteroatoms. The van der Waals surface area contributed by atoms with Crippen LogP contribution in [0.5, 0.6) is 0 Å². The lowest BCUT2D eigenvalue weighted by molar-refractivity contribution is 0.561. The fraction of sp³-hybridized carbons (Fsp3) is 0.333. The summed E-state index contributed by atoms with van der Waals surface area (Å²) in [5.74, 6) is 0.340. The standard InChI is InChI=1S/C12H16BrN5O2S/c1-2-14-12-11(8-10(13)9-15-12)21(19,20)17-5-7-18-6-3-4-16-18/h3-4,6,8-9,17H,2,5,7H2,1H3,(H,14,15). The Bertz CT molecular complexity index is 688. The Hall–Kier alpha value is -1.45. The largest absolute Gasteiger partial charge is 0.369 e. The number of nitrogens with one attached hydrogen (secondary N) is 2. The van der Waals surface area contributed by atoms with E-state index in [2.05, 4.69) is 36.1 Å². The lowest BCUT2D eigenvalue weighted by Crippen LogP contribution is -2.28. The van der Waals surface area contributed by atoms with Crippen molar-refractivity contribution >= 4 is 31.8 Å². The van der Waals surface area contributed by atoms with E-state index < -0.39 is 10.0 Å². The Balaban J connectivity index is 2.12. The molecular weight excluding hydrogens is 358 g/mol. The van der Waals surface area contributed by atoms with Crippen molar-refractivity contribution in [3.63, 3.8) is 0 Å². The van der Waals surface area contributed by atoms with Gasteiger partial charge in [0, 0.05) is 36.2 Å². The van der Waals surface area contributed by atoms with E-state index in [1.54, 1.807) is 29.3 Å². The van der Waals surface area contributed by atoms with Gasteiger partial charge in [-0.25, -0.2) is 18.1 Å². The number of nitrogens with zero attached hydrogens (tertiary/aromatic N) is 3. The molecule has 0 fully saturated rings. The first kappa shape index (κ1) is 15.9. The lowest BCUT2D eigenvalue weighted by Gasteiger charge is -2.12. The zero-order chi connectivity index (χ0) is 15.3. The second-order valence-electron chi connectivity index (χ2n) is 4.20. The monoisotopic (exact) mass is 373 g/mol. The number of rotatable bonds is 7. The average molecular weight is 374 g/mol. The smallest absolute Gasteiger partial charge is 0.244 e. The molecule has 0 spiro atoms. The second kappa shape index (κ2) is 7.01. The summed E-state index contributed by atoms with van der Waals surface area (Å²) in [6, 6.07) is 3.32. The molecule has 0 unspecified atom stereocenters. The van der Waals surface area contributed by atoms with Crippen molar-refractivity contribution in [2.75, 3.05) is 18.4 Å². The molecule has 0 saturated carbocycles. The van der Waals surface area contributed by atoms with Crippen molar-refractivity contribution in [2.45, 2.75) is 18.4 Å². The number of halogens is 1. The zero-order valence-electron chi connectivity index (χ0n) is 11.5. The Kier molecular flexibility index (Phi) is 5.32. The molecule has 2 heterocycles. The number of aromatic nitrogens is 3. The lowest BCUT2D eigenvalue weighted by atomic mass is 10.4. The zero-order valence-corrected chi connectivity index (χ0v) is 13.9. The number of pyridine rings is 1. The minimum Gasteiger partial charge on any atom is -0.369 e. The maximum absolute atomic E-state index is 12.4. The van der Waals surface area contributed by atoms with Gasteiger partial charge in [0.25, 0.3) is 0 Å². The van der Waals surface area contributed by atoms with Crippen LogP contribution in [0.1, 0.15) is 6.92 Å². The van der Waals surface area contributed by atoms with Gasteiger partial charge >= 0.3 is 0 Å². The average Bonchev–Trinajstić information content (AvgIpc) is 2.94. The third-order valence-corrected chi connectivity index (χ3v) is 4.55. The summed E-state index contributed by atoms with van der Waals surface area (Å²) >= 11 is 3.24. The van der Waals surface area contributed by atoms with E-state index in [-0.39, 0.29) is 11.4 Å². The fourth-order valence-electron chi connectivity index (χ4n) is 1.73. The van der Waals surface area contributed by atoms with Gasteiger partial charge in [-0.1, -0.05) is 0 Å². The Morgan fingerprint density at radius 1 is 1.43 bits per heavy atom. The summed E-state index contributed by atoms with van der Waals surface area (Å²) < 4.78 is 29.6. The van der Waals surface area contributed by atoms with E-state index in [4.69, 9.17) is 0 Å². The van der Waals surface area contributed by atoms with Crippen molar-refractivity contribution in [1.82, 2.24) is 19.5 Å². The molecule has 0 aliphatic carbocycles. The number of anilines is 1. The third-order valence-electron chi connectivity index (χ3n) is 2.65. The maximum Gasteiger partial charge on any atom is 0.244 e. The summed E-state index contributed by atoms with van der Waals surface area (Å²) in [7, 11) is -3.63. The first-order chi connectivity index (χ1) is 10.0. The summed E-state index contributed by atoms with van der Waals surface area (Å²) in [5, 5.41) is 6.96. The molecule has 7 nitrogen and oxygen atoms in total. The van der Waals surface area contributed by atoms with Crippen LogP contribution in [0.4, 0.5) is 5.82 Å². The van der Waals surface area contributed by atoms with E-state index in [1.165, 1.54) is 6.07 Å². The molecule has 0 saturated heterocycles. The summed E-state index contributed by atoms with van der Waals surface area (Å²) in [6.07, 6.45) is 4.98. The van der Waals surface area contributed by atoms with Crippen LogP contribution in [0.15, 0.2) is 40.1 Å². The normalized spacial score (nSPS) is 11.5. The topological polar surface area (TPSA) is 88.9 Å². The number of hydrogen-bond donors (Lipinski definition) is 2. The molecule has 0 amide bonds. The van der Waals surface area contributed by atoms with Crippen LogP contribution in [0, 0.1) is 0 Å². The van der Waals surface area contributed by atoms with Crippen molar-refractivity contribution in [3.8, 4) is 0 Å². The van der Waals surface area contributed by atoms with Gasteiger partial charge in [-0.2, -0.15) is 5.10 Å². The van der Waals surface area contributed by atoms with Crippen molar-refractivity contribution in [3.05, 3.63) is 35.2 Å². The van der Waals surface area contributed by atoms with Gasteiger partial charge in [0.2, 0.25) is 10.0 Å². The minimum atomic E-state index is -3.63. The molecule has 0 aliphatic rings. The van der Waals surface area contributed by atoms with Crippen LogP contribution in [-0.2, 0) is 16.6 Å². The Morgan fingerprint density at radius 2 is 2.24 bits per heavy atom. The fourth-order valence-corrected chi connectivity index (χ4v) is 3.39. The predicted octanol–water partition coefficient (Wildman–Crippen LogP) is 1.45. The van der Waals surface area contributed by atoms with Crippen LogP contribution in [0.3, 0.4) is 0 Å². The minimum absolute atomic E-state index is 0.124. The van der Waals surface area contributed by atoms with Crippen molar-refractivity contribution < 1.29 is 8.42 Å². The van der Waals surface area contributed by atoms with Gasteiger partial charge in [-0.3, -0.25) is 4.68 Å². The van der Waals surface area contributed by atoms with Gasteiger partial charge in [0.05, 0.1) is 6.54 Å². The number of sulfonamides is 1. The van der Waals surface area contributed by atoms with Crippen molar-refractivity contribution in [2.24, 2.45) is 0 Å². The van der Waals surface area contributed by atoms with Crippen LogP contribution >= 0.6 is 15.9 Å². The predicted molar refractivity (Wildman–Crippen MR) is 83.5 cm³/mol. The van der Waals surface area contributed by atoms with E-state index in [9.17, 15) is 8.42 Å². The maximum atomic E-state index is 12.4.